The monoisotopic (exact) mass is 372 g/mol. The van der Waals surface area contributed by atoms with Crippen LogP contribution in [0.2, 0.25) is 0 Å². The maximum Gasteiger partial charge on any atom is 0.255 e. The summed E-state index contributed by atoms with van der Waals surface area (Å²) in [4.78, 5) is 23.5. The summed E-state index contributed by atoms with van der Waals surface area (Å²) >= 11 is 0. The number of hydrogen-bond donors (Lipinski definition) is 2. The first-order valence-electron chi connectivity index (χ1n) is 8.74. The number of carbonyl (C=O) groups is 2. The molecular formula is C20H21FN2O4. The number of amides is 2. The predicted molar refractivity (Wildman–Crippen MR) is 99.6 cm³/mol. The van der Waals surface area contributed by atoms with Crippen LogP contribution in [0.1, 0.15) is 30.1 Å². The van der Waals surface area contributed by atoms with Crippen LogP contribution >= 0.6 is 0 Å². The van der Waals surface area contributed by atoms with Crippen molar-refractivity contribution in [2.24, 2.45) is 0 Å². The van der Waals surface area contributed by atoms with Gasteiger partial charge in [-0.05, 0) is 55.3 Å². The predicted octanol–water partition coefficient (Wildman–Crippen LogP) is 3.59. The largest absolute Gasteiger partial charge is 0.491 e. The molecule has 1 heterocycles. The van der Waals surface area contributed by atoms with E-state index in [1.165, 1.54) is 25.1 Å². The summed E-state index contributed by atoms with van der Waals surface area (Å²) in [6.07, 6.45) is 2.16. The molecule has 2 aromatic rings. The smallest absolute Gasteiger partial charge is 0.255 e. The zero-order chi connectivity index (χ0) is 19.2. The van der Waals surface area contributed by atoms with Gasteiger partial charge >= 0.3 is 0 Å². The maximum absolute atomic E-state index is 13.9. The molecule has 1 fully saturated rings. The SMILES string of the molecule is CC(=O)Nc1ccc(F)c(NC(=O)c2ccc(OCC3CCCO3)cc2)c1. The van der Waals surface area contributed by atoms with E-state index in [1.54, 1.807) is 24.3 Å². The standard InChI is InChI=1S/C20H21FN2O4/c1-13(24)22-15-6-9-18(21)19(11-15)23-20(25)14-4-7-16(8-5-14)27-12-17-3-2-10-26-17/h4-9,11,17H,2-3,10,12H2,1H3,(H,22,24)(H,23,25). The topological polar surface area (TPSA) is 76.7 Å². The number of carbonyl (C=O) groups excluding carboxylic acids is 2. The van der Waals surface area contributed by atoms with Crippen molar-refractivity contribution in [1.29, 1.82) is 0 Å². The number of benzene rings is 2. The first kappa shape index (κ1) is 18.8. The Balaban J connectivity index is 1.61. The fourth-order valence-electron chi connectivity index (χ4n) is 2.76. The van der Waals surface area contributed by atoms with Crippen LogP contribution in [0.5, 0.6) is 5.75 Å². The third-order valence-corrected chi connectivity index (χ3v) is 4.11. The van der Waals surface area contributed by atoms with Gasteiger partial charge in [-0.3, -0.25) is 9.59 Å². The highest BCUT2D eigenvalue weighted by atomic mass is 19.1. The van der Waals surface area contributed by atoms with Crippen molar-refractivity contribution in [3.05, 3.63) is 53.8 Å². The van der Waals surface area contributed by atoms with E-state index in [-0.39, 0.29) is 17.7 Å². The Hall–Kier alpha value is -2.93. The van der Waals surface area contributed by atoms with Gasteiger partial charge in [-0.2, -0.15) is 0 Å². The van der Waals surface area contributed by atoms with E-state index in [0.717, 1.165) is 19.4 Å². The molecule has 0 spiro atoms. The zero-order valence-corrected chi connectivity index (χ0v) is 15.0. The van der Waals surface area contributed by atoms with Crippen molar-refractivity contribution in [1.82, 2.24) is 0 Å². The number of nitrogens with one attached hydrogen (secondary N) is 2. The molecule has 0 aromatic heterocycles. The molecule has 0 bridgehead atoms. The van der Waals surface area contributed by atoms with Gasteiger partial charge in [0.05, 0.1) is 11.8 Å². The molecule has 2 N–H and O–H groups in total. The number of anilines is 2. The van der Waals surface area contributed by atoms with Gasteiger partial charge in [0, 0.05) is 24.8 Å². The average Bonchev–Trinajstić information content (AvgIpc) is 3.16. The Bertz CT molecular complexity index is 817. The van der Waals surface area contributed by atoms with Crippen molar-refractivity contribution < 1.29 is 23.5 Å². The van der Waals surface area contributed by atoms with E-state index in [2.05, 4.69) is 10.6 Å². The summed E-state index contributed by atoms with van der Waals surface area (Å²) in [6.45, 7) is 2.60. The summed E-state index contributed by atoms with van der Waals surface area (Å²) in [5.74, 6) is -0.688. The Labute approximate surface area is 156 Å². The highest BCUT2D eigenvalue weighted by molar-refractivity contribution is 6.04. The van der Waals surface area contributed by atoms with Gasteiger partial charge < -0.3 is 20.1 Å². The molecule has 142 valence electrons. The van der Waals surface area contributed by atoms with Gasteiger partial charge in [-0.1, -0.05) is 0 Å². The van der Waals surface area contributed by atoms with E-state index in [4.69, 9.17) is 9.47 Å². The third-order valence-electron chi connectivity index (χ3n) is 4.11. The van der Waals surface area contributed by atoms with Gasteiger partial charge in [-0.15, -0.1) is 0 Å². The van der Waals surface area contributed by atoms with Crippen LogP contribution in [-0.4, -0.2) is 31.1 Å². The molecule has 1 aliphatic rings. The summed E-state index contributed by atoms with van der Waals surface area (Å²) in [5, 5.41) is 5.06. The molecule has 3 rings (SSSR count). The third kappa shape index (κ3) is 5.27. The van der Waals surface area contributed by atoms with Crippen LogP contribution in [-0.2, 0) is 9.53 Å². The summed E-state index contributed by atoms with van der Waals surface area (Å²) < 4.78 is 25.1. The van der Waals surface area contributed by atoms with Crippen molar-refractivity contribution in [3.63, 3.8) is 0 Å². The van der Waals surface area contributed by atoms with Crippen molar-refractivity contribution in [2.45, 2.75) is 25.9 Å². The quantitative estimate of drug-likeness (QED) is 0.812. The Morgan fingerprint density at radius 2 is 1.96 bits per heavy atom. The minimum atomic E-state index is -0.589. The molecule has 0 radical (unpaired) electrons. The number of rotatable bonds is 6. The lowest BCUT2D eigenvalue weighted by Crippen LogP contribution is -2.16. The lowest BCUT2D eigenvalue weighted by atomic mass is 10.2. The number of ether oxygens (including phenoxy) is 2. The molecule has 6 nitrogen and oxygen atoms in total. The van der Waals surface area contributed by atoms with Gasteiger partial charge in [0.15, 0.2) is 0 Å². The molecular weight excluding hydrogens is 351 g/mol. The number of hydrogen-bond acceptors (Lipinski definition) is 4. The van der Waals surface area contributed by atoms with Gasteiger partial charge in [0.25, 0.3) is 5.91 Å². The van der Waals surface area contributed by atoms with Crippen LogP contribution in [0.25, 0.3) is 0 Å². The van der Waals surface area contributed by atoms with Crippen molar-refractivity contribution in [2.75, 3.05) is 23.8 Å². The molecule has 1 unspecified atom stereocenters. The summed E-state index contributed by atoms with van der Waals surface area (Å²) in [6, 6.07) is 10.6. The average molecular weight is 372 g/mol. The normalized spacial score (nSPS) is 16.0. The highest BCUT2D eigenvalue weighted by Crippen LogP contribution is 2.21. The van der Waals surface area contributed by atoms with E-state index in [9.17, 15) is 14.0 Å². The molecule has 1 saturated heterocycles. The van der Waals surface area contributed by atoms with E-state index >= 15 is 0 Å². The minimum Gasteiger partial charge on any atom is -0.491 e. The summed E-state index contributed by atoms with van der Waals surface area (Å²) in [5.41, 5.74) is 0.755. The molecule has 0 saturated carbocycles. The van der Waals surface area contributed by atoms with E-state index in [0.29, 0.717) is 23.6 Å². The Morgan fingerprint density at radius 3 is 2.63 bits per heavy atom. The Kier molecular flexibility index (Phi) is 6.03. The molecule has 2 aromatic carbocycles. The molecule has 7 heteroatoms. The highest BCUT2D eigenvalue weighted by Gasteiger charge is 2.16. The summed E-state index contributed by atoms with van der Waals surface area (Å²) in [7, 11) is 0. The molecule has 1 atom stereocenters. The minimum absolute atomic E-state index is 0.00930. The fourth-order valence-corrected chi connectivity index (χ4v) is 2.76. The van der Waals surface area contributed by atoms with Crippen LogP contribution in [0.3, 0.4) is 0 Å². The maximum atomic E-state index is 13.9. The number of halogens is 1. The molecule has 0 aliphatic carbocycles. The van der Waals surface area contributed by atoms with Crippen LogP contribution in [0.4, 0.5) is 15.8 Å². The van der Waals surface area contributed by atoms with E-state index < -0.39 is 11.7 Å². The second-order valence-electron chi connectivity index (χ2n) is 6.30. The first-order chi connectivity index (χ1) is 13.0. The van der Waals surface area contributed by atoms with Crippen molar-refractivity contribution in [3.8, 4) is 5.75 Å². The van der Waals surface area contributed by atoms with Crippen LogP contribution < -0.4 is 15.4 Å². The second kappa shape index (κ2) is 8.64. The van der Waals surface area contributed by atoms with E-state index in [1.807, 2.05) is 0 Å². The van der Waals surface area contributed by atoms with Crippen LogP contribution in [0, 0.1) is 5.82 Å². The molecule has 2 amide bonds. The fraction of sp³-hybridized carbons (Fsp3) is 0.300. The van der Waals surface area contributed by atoms with Gasteiger partial charge in [0.1, 0.15) is 18.2 Å². The molecule has 27 heavy (non-hydrogen) atoms. The lowest BCUT2D eigenvalue weighted by molar-refractivity contribution is -0.114. The lowest BCUT2D eigenvalue weighted by Gasteiger charge is -2.12. The van der Waals surface area contributed by atoms with Crippen LogP contribution in [0.15, 0.2) is 42.5 Å². The zero-order valence-electron chi connectivity index (χ0n) is 15.0. The molecule has 1 aliphatic heterocycles. The Morgan fingerprint density at radius 1 is 1.19 bits per heavy atom. The van der Waals surface area contributed by atoms with Crippen molar-refractivity contribution >= 4 is 23.2 Å². The van der Waals surface area contributed by atoms with Gasteiger partial charge in [0.2, 0.25) is 5.91 Å². The first-order valence-corrected chi connectivity index (χ1v) is 8.74. The second-order valence-corrected chi connectivity index (χ2v) is 6.30. The van der Waals surface area contributed by atoms with Gasteiger partial charge in [-0.25, -0.2) is 4.39 Å².